The van der Waals surface area contributed by atoms with E-state index in [1.807, 2.05) is 6.07 Å². The third-order valence-electron chi connectivity index (χ3n) is 6.53. The SMILES string of the molecule is CC1CC(C)CN(c2ccc(C(=O)N(C)Cc3ccc(Oc4ccc(Cl)c(Cl)c4)cc3Br)cc2[N+](=O)[O-])C1. The van der Waals surface area contributed by atoms with E-state index in [9.17, 15) is 14.9 Å². The maximum absolute atomic E-state index is 13.2. The van der Waals surface area contributed by atoms with E-state index in [2.05, 4.69) is 34.7 Å². The molecule has 4 rings (SSSR count). The summed E-state index contributed by atoms with van der Waals surface area (Å²) in [6, 6.07) is 15.2. The Kier molecular flexibility index (Phi) is 8.85. The molecule has 2 atom stereocenters. The molecule has 0 aromatic heterocycles. The predicted molar refractivity (Wildman–Crippen MR) is 155 cm³/mol. The van der Waals surface area contributed by atoms with Crippen molar-refractivity contribution in [2.45, 2.75) is 26.8 Å². The largest absolute Gasteiger partial charge is 0.457 e. The highest BCUT2D eigenvalue weighted by molar-refractivity contribution is 9.10. The van der Waals surface area contributed by atoms with Crippen LogP contribution in [0.4, 0.5) is 11.4 Å². The topological polar surface area (TPSA) is 75.9 Å². The number of nitro benzene ring substituents is 1. The summed E-state index contributed by atoms with van der Waals surface area (Å²) in [5, 5.41) is 12.8. The van der Waals surface area contributed by atoms with Gasteiger partial charge >= 0.3 is 0 Å². The van der Waals surface area contributed by atoms with Crippen molar-refractivity contribution in [3.63, 3.8) is 0 Å². The summed E-state index contributed by atoms with van der Waals surface area (Å²) in [4.78, 5) is 28.3. The summed E-state index contributed by atoms with van der Waals surface area (Å²) in [5.41, 5.74) is 1.64. The first-order valence-corrected chi connectivity index (χ1v) is 13.8. The van der Waals surface area contributed by atoms with Crippen LogP contribution in [0.1, 0.15) is 36.2 Å². The van der Waals surface area contributed by atoms with Gasteiger partial charge in [0.25, 0.3) is 11.6 Å². The van der Waals surface area contributed by atoms with Crippen LogP contribution in [-0.4, -0.2) is 35.9 Å². The standard InChI is InChI=1S/C28H28BrCl2N3O4/c1-17-10-18(2)15-33(14-17)26-9-5-19(11-27(26)34(36)37)28(35)32(3)16-20-4-6-21(12-23(20)29)38-22-7-8-24(30)25(31)13-22/h4-9,11-13,17-18H,10,14-16H2,1-3H3. The molecule has 7 nitrogen and oxygen atoms in total. The molecule has 0 bridgehead atoms. The number of hydrogen-bond acceptors (Lipinski definition) is 5. The highest BCUT2D eigenvalue weighted by Crippen LogP contribution is 2.35. The summed E-state index contributed by atoms with van der Waals surface area (Å²) >= 11 is 15.6. The zero-order chi connectivity index (χ0) is 27.6. The lowest BCUT2D eigenvalue weighted by Crippen LogP contribution is -2.39. The molecule has 200 valence electrons. The lowest BCUT2D eigenvalue weighted by atomic mass is 9.91. The molecule has 3 aromatic rings. The minimum atomic E-state index is -0.404. The van der Waals surface area contributed by atoms with Gasteiger partial charge in [-0.25, -0.2) is 0 Å². The van der Waals surface area contributed by atoms with E-state index in [1.54, 1.807) is 49.5 Å². The molecule has 1 amide bonds. The van der Waals surface area contributed by atoms with Crippen molar-refractivity contribution in [3.8, 4) is 11.5 Å². The van der Waals surface area contributed by atoms with E-state index in [-0.39, 0.29) is 17.2 Å². The van der Waals surface area contributed by atoms with E-state index >= 15 is 0 Å². The maximum atomic E-state index is 13.2. The van der Waals surface area contributed by atoms with Crippen LogP contribution in [0, 0.1) is 22.0 Å². The molecule has 1 aliphatic rings. The van der Waals surface area contributed by atoms with Crippen molar-refractivity contribution < 1.29 is 14.5 Å². The van der Waals surface area contributed by atoms with Gasteiger partial charge in [0, 0.05) is 48.9 Å². The van der Waals surface area contributed by atoms with Crippen LogP contribution < -0.4 is 9.64 Å². The molecule has 0 saturated carbocycles. The van der Waals surface area contributed by atoms with Gasteiger partial charge in [0.1, 0.15) is 17.2 Å². The van der Waals surface area contributed by atoms with Crippen molar-refractivity contribution in [1.29, 1.82) is 0 Å². The van der Waals surface area contributed by atoms with Gasteiger partial charge in [-0.05, 0) is 60.2 Å². The monoisotopic (exact) mass is 619 g/mol. The number of nitrogens with zero attached hydrogens (tertiary/aromatic N) is 3. The van der Waals surface area contributed by atoms with Crippen LogP contribution in [0.5, 0.6) is 11.5 Å². The van der Waals surface area contributed by atoms with Gasteiger partial charge in [0.15, 0.2) is 0 Å². The number of amides is 1. The maximum Gasteiger partial charge on any atom is 0.293 e. The number of halogens is 3. The molecule has 1 fully saturated rings. The number of rotatable bonds is 7. The fraction of sp³-hybridized carbons (Fsp3) is 0.321. The Hall–Kier alpha value is -2.81. The van der Waals surface area contributed by atoms with Gasteiger partial charge in [-0.3, -0.25) is 14.9 Å². The second-order valence-corrected chi connectivity index (χ2v) is 11.6. The normalized spacial score (nSPS) is 17.3. The Bertz CT molecular complexity index is 1360. The van der Waals surface area contributed by atoms with Crippen LogP contribution in [-0.2, 0) is 6.54 Å². The first kappa shape index (κ1) is 28.2. The number of carbonyl (C=O) groups is 1. The third kappa shape index (κ3) is 6.60. The second-order valence-electron chi connectivity index (χ2n) is 9.90. The number of hydrogen-bond donors (Lipinski definition) is 0. The summed E-state index contributed by atoms with van der Waals surface area (Å²) in [6.07, 6.45) is 1.10. The molecule has 38 heavy (non-hydrogen) atoms. The Labute approximate surface area is 240 Å². The molecule has 1 saturated heterocycles. The highest BCUT2D eigenvalue weighted by Gasteiger charge is 2.28. The van der Waals surface area contributed by atoms with E-state index in [1.165, 1.54) is 11.0 Å². The average molecular weight is 621 g/mol. The van der Waals surface area contributed by atoms with Gasteiger partial charge in [0.2, 0.25) is 0 Å². The van der Waals surface area contributed by atoms with Crippen LogP contribution in [0.3, 0.4) is 0 Å². The quantitative estimate of drug-likeness (QED) is 0.196. The molecule has 10 heteroatoms. The predicted octanol–water partition coefficient (Wildman–Crippen LogP) is 8.21. The van der Waals surface area contributed by atoms with Gasteiger partial charge < -0.3 is 14.5 Å². The van der Waals surface area contributed by atoms with Gasteiger partial charge in [0.05, 0.1) is 15.0 Å². The van der Waals surface area contributed by atoms with Crippen LogP contribution in [0.2, 0.25) is 10.0 Å². The Balaban J connectivity index is 1.48. The summed E-state index contributed by atoms with van der Waals surface area (Å²) < 4.78 is 6.61. The fourth-order valence-corrected chi connectivity index (χ4v) is 5.64. The first-order chi connectivity index (χ1) is 18.0. The zero-order valence-electron chi connectivity index (χ0n) is 21.3. The molecule has 0 radical (unpaired) electrons. The molecule has 1 aliphatic heterocycles. The number of anilines is 1. The van der Waals surface area contributed by atoms with Gasteiger partial charge in [-0.1, -0.05) is 59.0 Å². The molecule has 0 aliphatic carbocycles. The summed E-state index contributed by atoms with van der Waals surface area (Å²) in [7, 11) is 1.67. The van der Waals surface area contributed by atoms with E-state index < -0.39 is 4.92 Å². The number of nitro groups is 1. The smallest absolute Gasteiger partial charge is 0.293 e. The molecular weight excluding hydrogens is 593 g/mol. The number of piperidine rings is 1. The molecule has 2 unspecified atom stereocenters. The van der Waals surface area contributed by atoms with Gasteiger partial charge in [-0.2, -0.15) is 0 Å². The molecule has 3 aromatic carbocycles. The van der Waals surface area contributed by atoms with E-state index in [4.69, 9.17) is 27.9 Å². The lowest BCUT2D eigenvalue weighted by Gasteiger charge is -2.36. The Morgan fingerprint density at radius 3 is 2.34 bits per heavy atom. The van der Waals surface area contributed by atoms with Crippen LogP contribution in [0.25, 0.3) is 0 Å². The minimum absolute atomic E-state index is 0.0458. The molecular formula is C28H28BrCl2N3O4. The summed E-state index contributed by atoms with van der Waals surface area (Å²) in [5.74, 6) is 1.73. The first-order valence-electron chi connectivity index (χ1n) is 12.2. The number of carbonyl (C=O) groups excluding carboxylic acids is 1. The van der Waals surface area contributed by atoms with Crippen molar-refractivity contribution in [2.24, 2.45) is 11.8 Å². The lowest BCUT2D eigenvalue weighted by molar-refractivity contribution is -0.384. The minimum Gasteiger partial charge on any atom is -0.457 e. The number of ether oxygens (including phenoxy) is 1. The Morgan fingerprint density at radius 2 is 1.71 bits per heavy atom. The fourth-order valence-electron chi connectivity index (χ4n) is 4.87. The molecule has 1 heterocycles. The van der Waals surface area contributed by atoms with Crippen molar-refractivity contribution in [2.75, 3.05) is 25.0 Å². The Morgan fingerprint density at radius 1 is 1.05 bits per heavy atom. The number of benzene rings is 3. The third-order valence-corrected chi connectivity index (χ3v) is 8.01. The van der Waals surface area contributed by atoms with Crippen LogP contribution in [0.15, 0.2) is 59.1 Å². The van der Waals surface area contributed by atoms with Crippen molar-refractivity contribution >= 4 is 56.4 Å². The van der Waals surface area contributed by atoms with Crippen molar-refractivity contribution in [3.05, 3.63) is 90.4 Å². The molecule has 0 N–H and O–H groups in total. The average Bonchev–Trinajstić information content (AvgIpc) is 2.86. The highest BCUT2D eigenvalue weighted by atomic mass is 79.9. The second kappa shape index (κ2) is 11.9. The van der Waals surface area contributed by atoms with Crippen molar-refractivity contribution in [1.82, 2.24) is 4.90 Å². The van der Waals surface area contributed by atoms with Crippen LogP contribution >= 0.6 is 39.1 Å². The zero-order valence-corrected chi connectivity index (χ0v) is 24.4. The summed E-state index contributed by atoms with van der Waals surface area (Å²) in [6.45, 7) is 6.13. The van der Waals surface area contributed by atoms with Gasteiger partial charge in [-0.15, -0.1) is 0 Å². The van der Waals surface area contributed by atoms with E-state index in [0.29, 0.717) is 45.6 Å². The van der Waals surface area contributed by atoms with E-state index in [0.717, 1.165) is 29.5 Å². The molecule has 0 spiro atoms.